The van der Waals surface area contributed by atoms with E-state index >= 15 is 0 Å². The average molecular weight is 386 g/mol. The third-order valence-electron chi connectivity index (χ3n) is 5.96. The number of rotatable bonds is 2. The summed E-state index contributed by atoms with van der Waals surface area (Å²) >= 11 is 0. The molecule has 6 nitrogen and oxygen atoms in total. The molecular weight excluding hydrogens is 368 g/mol. The van der Waals surface area contributed by atoms with Gasteiger partial charge in [-0.1, -0.05) is 30.3 Å². The van der Waals surface area contributed by atoms with E-state index in [9.17, 15) is 4.79 Å². The fourth-order valence-corrected chi connectivity index (χ4v) is 4.53. The Labute approximate surface area is 167 Å². The first-order valence-corrected chi connectivity index (χ1v) is 9.50. The summed E-state index contributed by atoms with van der Waals surface area (Å²) in [5, 5.41) is 0. The number of anilines is 2. The molecule has 0 radical (unpaired) electrons. The maximum atomic E-state index is 13.9. The van der Waals surface area contributed by atoms with Crippen LogP contribution < -0.4 is 24.8 Å². The number of nitrogens with two attached hydrogens (primary N) is 1. The standard InChI is InChI=1S/C23H18N2O4/c24-15-7-5-14(6-8-15)11-25-18-4-2-1-3-16(18)23(22(25)26)12-27-19-10-21-20(9-17(19)23)28-13-29-21/h1-10H,11-13,24H2. The third kappa shape index (κ3) is 2.14. The molecule has 3 heterocycles. The van der Waals surface area contributed by atoms with Gasteiger partial charge in [-0.15, -0.1) is 0 Å². The molecule has 144 valence electrons. The van der Waals surface area contributed by atoms with E-state index in [-0.39, 0.29) is 19.3 Å². The van der Waals surface area contributed by atoms with E-state index in [1.54, 1.807) is 0 Å². The van der Waals surface area contributed by atoms with Gasteiger partial charge in [0, 0.05) is 23.0 Å². The lowest BCUT2D eigenvalue weighted by atomic mass is 9.77. The number of amides is 1. The summed E-state index contributed by atoms with van der Waals surface area (Å²) in [6.45, 7) is 0.913. The van der Waals surface area contributed by atoms with Gasteiger partial charge in [0.1, 0.15) is 17.8 Å². The number of benzene rings is 3. The van der Waals surface area contributed by atoms with Gasteiger partial charge in [-0.25, -0.2) is 0 Å². The highest BCUT2D eigenvalue weighted by molar-refractivity contribution is 6.11. The molecule has 6 heteroatoms. The van der Waals surface area contributed by atoms with Crippen molar-refractivity contribution in [3.63, 3.8) is 0 Å². The van der Waals surface area contributed by atoms with Gasteiger partial charge in [0.2, 0.25) is 12.7 Å². The van der Waals surface area contributed by atoms with Crippen molar-refractivity contribution in [2.45, 2.75) is 12.0 Å². The lowest BCUT2D eigenvalue weighted by Gasteiger charge is -2.23. The largest absolute Gasteiger partial charge is 0.491 e. The number of ether oxygens (including phenoxy) is 3. The van der Waals surface area contributed by atoms with E-state index < -0.39 is 5.41 Å². The molecule has 3 aromatic carbocycles. The van der Waals surface area contributed by atoms with Gasteiger partial charge in [0.25, 0.3) is 0 Å². The summed E-state index contributed by atoms with van der Waals surface area (Å²) in [6.07, 6.45) is 0. The normalized spacial score (nSPS) is 20.7. The van der Waals surface area contributed by atoms with Crippen LogP contribution in [0.4, 0.5) is 11.4 Å². The Hall–Kier alpha value is -3.67. The van der Waals surface area contributed by atoms with Gasteiger partial charge in [-0.3, -0.25) is 4.79 Å². The molecule has 29 heavy (non-hydrogen) atoms. The van der Waals surface area contributed by atoms with E-state index in [0.717, 1.165) is 22.4 Å². The molecule has 0 fully saturated rings. The minimum absolute atomic E-state index is 0.00754. The van der Waals surface area contributed by atoms with Gasteiger partial charge < -0.3 is 24.8 Å². The summed E-state index contributed by atoms with van der Waals surface area (Å²) in [5.41, 5.74) is 9.35. The minimum atomic E-state index is -0.874. The van der Waals surface area contributed by atoms with E-state index in [2.05, 4.69) is 0 Å². The van der Waals surface area contributed by atoms with Gasteiger partial charge in [-0.05, 0) is 35.4 Å². The molecule has 0 saturated heterocycles. The predicted molar refractivity (Wildman–Crippen MR) is 107 cm³/mol. The van der Waals surface area contributed by atoms with Crippen molar-refractivity contribution in [2.24, 2.45) is 0 Å². The third-order valence-corrected chi connectivity index (χ3v) is 5.96. The molecule has 1 atom stereocenters. The molecule has 3 aliphatic rings. The van der Waals surface area contributed by atoms with E-state index in [1.807, 2.05) is 65.6 Å². The Morgan fingerprint density at radius 2 is 1.66 bits per heavy atom. The van der Waals surface area contributed by atoms with Crippen LogP contribution in [0.15, 0.2) is 60.7 Å². The summed E-state index contributed by atoms with van der Waals surface area (Å²) in [7, 11) is 0. The van der Waals surface area contributed by atoms with Crippen LogP contribution in [0.3, 0.4) is 0 Å². The number of hydrogen-bond donors (Lipinski definition) is 1. The molecule has 2 N–H and O–H groups in total. The molecule has 3 aliphatic heterocycles. The number of carbonyl (C=O) groups excluding carboxylic acids is 1. The SMILES string of the molecule is Nc1ccc(CN2C(=O)C3(COc4cc5c(cc43)OCO5)c3ccccc32)cc1. The number of para-hydroxylation sites is 1. The van der Waals surface area contributed by atoms with Gasteiger partial charge in [0.05, 0.1) is 6.54 Å². The van der Waals surface area contributed by atoms with Crippen LogP contribution in [0.5, 0.6) is 17.2 Å². The second-order valence-corrected chi connectivity index (χ2v) is 7.55. The van der Waals surface area contributed by atoms with Gasteiger partial charge >= 0.3 is 0 Å². The van der Waals surface area contributed by atoms with Crippen molar-refractivity contribution < 1.29 is 19.0 Å². The van der Waals surface area contributed by atoms with Crippen LogP contribution in [0.2, 0.25) is 0 Å². The van der Waals surface area contributed by atoms with Gasteiger partial charge in [0.15, 0.2) is 11.5 Å². The highest BCUT2D eigenvalue weighted by Gasteiger charge is 2.57. The van der Waals surface area contributed by atoms with Crippen LogP contribution in [-0.4, -0.2) is 19.3 Å². The maximum absolute atomic E-state index is 13.9. The molecule has 1 spiro atoms. The molecule has 0 aliphatic carbocycles. The Bertz CT molecular complexity index is 1160. The molecule has 3 aromatic rings. The van der Waals surface area contributed by atoms with Crippen molar-refractivity contribution >= 4 is 17.3 Å². The summed E-state index contributed by atoms with van der Waals surface area (Å²) in [5.74, 6) is 1.98. The monoisotopic (exact) mass is 386 g/mol. The van der Waals surface area contributed by atoms with Crippen LogP contribution >= 0.6 is 0 Å². The predicted octanol–water partition coefficient (Wildman–Crippen LogP) is 3.22. The number of hydrogen-bond acceptors (Lipinski definition) is 5. The van der Waals surface area contributed by atoms with Crippen LogP contribution in [0.25, 0.3) is 0 Å². The number of nitrogens with zero attached hydrogens (tertiary/aromatic N) is 1. The lowest BCUT2D eigenvalue weighted by Crippen LogP contribution is -2.42. The average Bonchev–Trinajstić information content (AvgIpc) is 3.41. The molecule has 6 rings (SSSR count). The fraction of sp³-hybridized carbons (Fsp3) is 0.174. The zero-order valence-electron chi connectivity index (χ0n) is 15.6. The van der Waals surface area contributed by atoms with Crippen molar-refractivity contribution in [3.8, 4) is 17.2 Å². The zero-order chi connectivity index (χ0) is 19.6. The van der Waals surface area contributed by atoms with Gasteiger partial charge in [-0.2, -0.15) is 0 Å². The molecule has 1 amide bonds. The smallest absolute Gasteiger partial charge is 0.246 e. The van der Waals surface area contributed by atoms with Crippen molar-refractivity contribution in [2.75, 3.05) is 24.0 Å². The Kier molecular flexibility index (Phi) is 3.19. The highest BCUT2D eigenvalue weighted by Crippen LogP contribution is 2.55. The zero-order valence-corrected chi connectivity index (χ0v) is 15.6. The maximum Gasteiger partial charge on any atom is 0.246 e. The van der Waals surface area contributed by atoms with Crippen LogP contribution in [-0.2, 0) is 16.8 Å². The highest BCUT2D eigenvalue weighted by atomic mass is 16.7. The van der Waals surface area contributed by atoms with E-state index in [0.29, 0.717) is 29.5 Å². The number of nitrogen functional groups attached to an aromatic ring is 1. The fourth-order valence-electron chi connectivity index (χ4n) is 4.53. The van der Waals surface area contributed by atoms with Crippen LogP contribution in [0, 0.1) is 0 Å². The topological polar surface area (TPSA) is 74.0 Å². The van der Waals surface area contributed by atoms with Crippen molar-refractivity contribution in [3.05, 3.63) is 77.4 Å². The minimum Gasteiger partial charge on any atom is -0.491 e. The molecular formula is C23H18N2O4. The second kappa shape index (κ2) is 5.67. The number of fused-ring (bicyclic) bond motifs is 5. The molecule has 0 bridgehead atoms. The first-order chi connectivity index (χ1) is 14.2. The summed E-state index contributed by atoms with van der Waals surface area (Å²) in [6, 6.07) is 19.3. The first-order valence-electron chi connectivity index (χ1n) is 9.50. The summed E-state index contributed by atoms with van der Waals surface area (Å²) in [4.78, 5) is 15.7. The Balaban J connectivity index is 1.49. The van der Waals surface area contributed by atoms with Crippen LogP contribution in [0.1, 0.15) is 16.7 Å². The number of carbonyl (C=O) groups is 1. The molecule has 0 aromatic heterocycles. The lowest BCUT2D eigenvalue weighted by molar-refractivity contribution is -0.122. The van der Waals surface area contributed by atoms with Crippen molar-refractivity contribution in [1.29, 1.82) is 0 Å². The quantitative estimate of drug-likeness (QED) is 0.685. The van der Waals surface area contributed by atoms with E-state index in [4.69, 9.17) is 19.9 Å². The Morgan fingerprint density at radius 3 is 2.48 bits per heavy atom. The Morgan fingerprint density at radius 1 is 0.897 bits per heavy atom. The molecule has 1 unspecified atom stereocenters. The molecule has 0 saturated carbocycles. The second-order valence-electron chi connectivity index (χ2n) is 7.55. The van der Waals surface area contributed by atoms with E-state index in [1.165, 1.54) is 0 Å². The van der Waals surface area contributed by atoms with Crippen molar-refractivity contribution in [1.82, 2.24) is 0 Å². The first kappa shape index (κ1) is 16.3. The summed E-state index contributed by atoms with van der Waals surface area (Å²) < 4.78 is 17.0.